The Morgan fingerprint density at radius 2 is 1.95 bits per heavy atom. The third-order valence-corrected chi connectivity index (χ3v) is 4.74. The summed E-state index contributed by atoms with van der Waals surface area (Å²) in [6.45, 7) is 0. The molecule has 1 heterocycles. The van der Waals surface area contributed by atoms with Crippen molar-refractivity contribution < 1.29 is 4.39 Å². The lowest BCUT2D eigenvalue weighted by atomic mass is 10.1. The maximum absolute atomic E-state index is 13.7. The summed E-state index contributed by atoms with van der Waals surface area (Å²) in [7, 11) is 0. The fourth-order valence-electron chi connectivity index (χ4n) is 2.35. The molecule has 1 nitrogen and oxygen atoms in total. The zero-order valence-electron chi connectivity index (χ0n) is 11.7. The van der Waals surface area contributed by atoms with Gasteiger partial charge in [0.25, 0.3) is 0 Å². The van der Waals surface area contributed by atoms with Crippen LogP contribution in [-0.4, -0.2) is 5.16 Å². The van der Waals surface area contributed by atoms with Gasteiger partial charge in [-0.25, -0.2) is 4.39 Å². The molecule has 0 aliphatic heterocycles. The molecule has 1 aromatic carbocycles. The molecule has 4 heteroatoms. The first-order valence-electron chi connectivity index (χ1n) is 6.90. The molecule has 0 unspecified atom stereocenters. The second-order valence-electron chi connectivity index (χ2n) is 4.96. The van der Waals surface area contributed by atoms with Crippen LogP contribution in [0.4, 0.5) is 10.1 Å². The fraction of sp³-hybridized carbons (Fsp3) is 0.167. The summed E-state index contributed by atoms with van der Waals surface area (Å²) in [5.41, 5.74) is 0.811. The van der Waals surface area contributed by atoms with E-state index in [0.29, 0.717) is 11.5 Å². The second-order valence-corrected chi connectivity index (χ2v) is 6.26. The third kappa shape index (κ3) is 3.40. The minimum atomic E-state index is -0.437. The summed E-state index contributed by atoms with van der Waals surface area (Å²) in [5.74, 6) is 6.25. The van der Waals surface area contributed by atoms with Gasteiger partial charge in [-0.3, -0.25) is 0 Å². The SMILES string of the molecule is Fc1cc(C#Cc2ccc(C3CC=CC3)s2)ccc1N=C=S. The molecule has 1 aromatic heterocycles. The molecule has 22 heavy (non-hydrogen) atoms. The van der Waals surface area contributed by atoms with Gasteiger partial charge in [-0.05, 0) is 55.4 Å². The lowest BCUT2D eigenvalue weighted by Gasteiger charge is -2.03. The van der Waals surface area contributed by atoms with E-state index in [9.17, 15) is 4.39 Å². The molecule has 0 saturated heterocycles. The number of benzene rings is 1. The Morgan fingerprint density at radius 3 is 2.68 bits per heavy atom. The number of halogens is 1. The third-order valence-electron chi connectivity index (χ3n) is 3.48. The first kappa shape index (κ1) is 14.9. The van der Waals surface area contributed by atoms with Crippen LogP contribution in [0.1, 0.15) is 34.1 Å². The molecule has 3 rings (SSSR count). The molecule has 108 valence electrons. The van der Waals surface area contributed by atoms with E-state index in [1.165, 1.54) is 10.9 Å². The second kappa shape index (κ2) is 6.81. The standard InChI is InChI=1S/C18H12FNS2/c19-16-11-13(6-9-17(16)20-12-21)5-7-15-8-10-18(22-15)14-3-1-2-4-14/h1-2,6,8-11,14H,3-4H2. The molecule has 2 aromatic rings. The maximum atomic E-state index is 13.7. The van der Waals surface area contributed by atoms with Crippen LogP contribution < -0.4 is 0 Å². The van der Waals surface area contributed by atoms with Crippen molar-refractivity contribution in [2.45, 2.75) is 18.8 Å². The molecule has 0 atom stereocenters. The lowest BCUT2D eigenvalue weighted by Crippen LogP contribution is -1.86. The Balaban J connectivity index is 1.78. The number of nitrogens with zero attached hydrogens (tertiary/aromatic N) is 1. The highest BCUT2D eigenvalue weighted by Gasteiger charge is 2.14. The first-order valence-corrected chi connectivity index (χ1v) is 8.13. The van der Waals surface area contributed by atoms with E-state index in [2.05, 4.69) is 52.4 Å². The Morgan fingerprint density at radius 1 is 1.14 bits per heavy atom. The highest BCUT2D eigenvalue weighted by atomic mass is 32.1. The number of thiocarbonyl (C=S) groups is 1. The Hall–Kier alpha value is -2.05. The van der Waals surface area contributed by atoms with Gasteiger partial charge in [-0.2, -0.15) is 4.99 Å². The van der Waals surface area contributed by atoms with Gasteiger partial charge in [-0.15, -0.1) is 11.3 Å². The Bertz CT molecular complexity index is 824. The molecular formula is C18H12FNS2. The monoisotopic (exact) mass is 325 g/mol. The average molecular weight is 325 g/mol. The summed E-state index contributed by atoms with van der Waals surface area (Å²) < 4.78 is 13.7. The molecule has 0 bridgehead atoms. The molecule has 0 fully saturated rings. The number of hydrogen-bond donors (Lipinski definition) is 0. The quantitative estimate of drug-likeness (QED) is 0.309. The van der Waals surface area contributed by atoms with Crippen molar-refractivity contribution in [1.29, 1.82) is 0 Å². The molecule has 0 amide bonds. The van der Waals surface area contributed by atoms with Crippen molar-refractivity contribution in [3.05, 3.63) is 63.6 Å². The van der Waals surface area contributed by atoms with Crippen LogP contribution in [0, 0.1) is 17.7 Å². The highest BCUT2D eigenvalue weighted by Crippen LogP contribution is 2.33. The van der Waals surface area contributed by atoms with Crippen LogP contribution in [-0.2, 0) is 0 Å². The molecule has 0 saturated carbocycles. The summed E-state index contributed by atoms with van der Waals surface area (Å²) in [4.78, 5) is 6.02. The molecule has 0 radical (unpaired) electrons. The number of hydrogen-bond acceptors (Lipinski definition) is 3. The van der Waals surface area contributed by atoms with Crippen molar-refractivity contribution in [3.63, 3.8) is 0 Å². The van der Waals surface area contributed by atoms with Crippen LogP contribution in [0.25, 0.3) is 0 Å². The van der Waals surface area contributed by atoms with Crippen molar-refractivity contribution >= 4 is 34.4 Å². The maximum Gasteiger partial charge on any atom is 0.150 e. The van der Waals surface area contributed by atoms with E-state index < -0.39 is 5.82 Å². The van der Waals surface area contributed by atoms with Crippen molar-refractivity contribution in [1.82, 2.24) is 0 Å². The minimum absolute atomic E-state index is 0.188. The minimum Gasteiger partial charge on any atom is -0.205 e. The zero-order valence-corrected chi connectivity index (χ0v) is 13.3. The summed E-state index contributed by atoms with van der Waals surface area (Å²) in [6, 6.07) is 8.84. The van der Waals surface area contributed by atoms with Crippen LogP contribution in [0.5, 0.6) is 0 Å². The predicted octanol–water partition coefficient (Wildman–Crippen LogP) is 5.45. The number of thiophene rings is 1. The molecule has 0 spiro atoms. The number of aliphatic imine (C=N–C) groups is 1. The first-order chi connectivity index (χ1) is 10.8. The van der Waals surface area contributed by atoms with Gasteiger partial charge in [0.05, 0.1) is 10.0 Å². The topological polar surface area (TPSA) is 12.4 Å². The van der Waals surface area contributed by atoms with Gasteiger partial charge in [0.15, 0.2) is 5.82 Å². The average Bonchev–Trinajstić information content (AvgIpc) is 3.18. The highest BCUT2D eigenvalue weighted by molar-refractivity contribution is 7.78. The van der Waals surface area contributed by atoms with Crippen LogP contribution in [0.2, 0.25) is 0 Å². The molecule has 1 aliphatic carbocycles. The lowest BCUT2D eigenvalue weighted by molar-refractivity contribution is 0.629. The van der Waals surface area contributed by atoms with E-state index in [4.69, 9.17) is 0 Å². The van der Waals surface area contributed by atoms with Crippen LogP contribution in [0.15, 0.2) is 47.5 Å². The Labute approximate surface area is 138 Å². The summed E-state index contributed by atoms with van der Waals surface area (Å²) in [6.07, 6.45) is 6.67. The van der Waals surface area contributed by atoms with Crippen molar-refractivity contribution in [3.8, 4) is 11.8 Å². The van der Waals surface area contributed by atoms with E-state index >= 15 is 0 Å². The number of allylic oxidation sites excluding steroid dienone is 2. The van der Waals surface area contributed by atoms with Gasteiger partial charge >= 0.3 is 0 Å². The largest absolute Gasteiger partial charge is 0.205 e. The Kier molecular flexibility index (Phi) is 4.60. The van der Waals surface area contributed by atoms with Crippen LogP contribution >= 0.6 is 23.6 Å². The smallest absolute Gasteiger partial charge is 0.150 e. The molecule has 1 aliphatic rings. The van der Waals surface area contributed by atoms with E-state index in [-0.39, 0.29) is 5.69 Å². The number of isothiocyanates is 1. The summed E-state index contributed by atoms with van der Waals surface area (Å²) in [5, 5.41) is 2.16. The van der Waals surface area contributed by atoms with E-state index in [1.54, 1.807) is 23.5 Å². The van der Waals surface area contributed by atoms with Gasteiger partial charge in [-0.1, -0.05) is 24.0 Å². The van der Waals surface area contributed by atoms with Gasteiger partial charge < -0.3 is 0 Å². The van der Waals surface area contributed by atoms with Gasteiger partial charge in [0, 0.05) is 16.4 Å². The zero-order chi connectivity index (χ0) is 15.4. The van der Waals surface area contributed by atoms with E-state index in [1.807, 2.05) is 6.07 Å². The molecule has 0 N–H and O–H groups in total. The molecular weight excluding hydrogens is 313 g/mol. The van der Waals surface area contributed by atoms with Gasteiger partial charge in [0.2, 0.25) is 0 Å². The van der Waals surface area contributed by atoms with Crippen molar-refractivity contribution in [2.75, 3.05) is 0 Å². The predicted molar refractivity (Wildman–Crippen MR) is 92.5 cm³/mol. The summed E-state index contributed by atoms with van der Waals surface area (Å²) >= 11 is 6.19. The van der Waals surface area contributed by atoms with Crippen LogP contribution in [0.3, 0.4) is 0 Å². The van der Waals surface area contributed by atoms with Crippen molar-refractivity contribution in [2.24, 2.45) is 4.99 Å². The van der Waals surface area contributed by atoms with Gasteiger partial charge in [0.1, 0.15) is 5.69 Å². The van der Waals surface area contributed by atoms with E-state index in [0.717, 1.165) is 17.7 Å². The number of rotatable bonds is 2. The fourth-order valence-corrected chi connectivity index (χ4v) is 3.43. The normalized spacial score (nSPS) is 13.5.